The Morgan fingerprint density at radius 2 is 1.88 bits per heavy atom. The van der Waals surface area contributed by atoms with E-state index >= 15 is 0 Å². The molecule has 0 unspecified atom stereocenters. The van der Waals surface area contributed by atoms with Crippen LogP contribution in [0.4, 0.5) is 0 Å². The van der Waals surface area contributed by atoms with E-state index in [-0.39, 0.29) is 19.0 Å². The summed E-state index contributed by atoms with van der Waals surface area (Å²) < 4.78 is 1.71. The number of aliphatic hydroxyl groups excluding tert-OH is 1. The lowest BCUT2D eigenvalue weighted by atomic mass is 10.1. The fraction of sp³-hybridized carbons (Fsp3) is 0.250. The van der Waals surface area contributed by atoms with Crippen LogP contribution >= 0.6 is 0 Å². The fourth-order valence-electron chi connectivity index (χ4n) is 2.74. The first-order chi connectivity index (χ1) is 12.5. The number of amides is 1. The molecule has 0 atom stereocenters. The third-order valence-electron chi connectivity index (χ3n) is 4.08. The van der Waals surface area contributed by atoms with E-state index in [1.54, 1.807) is 4.68 Å². The second-order valence-electron chi connectivity index (χ2n) is 6.31. The van der Waals surface area contributed by atoms with Crippen molar-refractivity contribution in [2.45, 2.75) is 20.8 Å². The van der Waals surface area contributed by atoms with Crippen LogP contribution in [-0.4, -0.2) is 38.9 Å². The number of carbonyl (C=O) groups excluding carboxylic acids is 1. The van der Waals surface area contributed by atoms with Crippen molar-refractivity contribution in [1.29, 1.82) is 0 Å². The average molecular weight is 350 g/mol. The van der Waals surface area contributed by atoms with Gasteiger partial charge in [-0.15, -0.1) is 5.10 Å². The van der Waals surface area contributed by atoms with Crippen molar-refractivity contribution in [2.24, 2.45) is 0 Å². The van der Waals surface area contributed by atoms with Crippen LogP contribution in [0.1, 0.15) is 27.3 Å². The van der Waals surface area contributed by atoms with Gasteiger partial charge in [0.05, 0.1) is 12.3 Å². The molecule has 1 amide bonds. The Hall–Kier alpha value is -2.99. The second-order valence-corrected chi connectivity index (χ2v) is 6.31. The van der Waals surface area contributed by atoms with Gasteiger partial charge in [0.1, 0.15) is 0 Å². The monoisotopic (exact) mass is 350 g/mol. The first-order valence-corrected chi connectivity index (χ1v) is 8.50. The number of aromatic nitrogens is 3. The molecule has 0 radical (unpaired) electrons. The van der Waals surface area contributed by atoms with E-state index in [0.717, 1.165) is 27.9 Å². The zero-order valence-electron chi connectivity index (χ0n) is 15.2. The maximum Gasteiger partial charge on any atom is 0.291 e. The van der Waals surface area contributed by atoms with Crippen molar-refractivity contribution in [3.8, 4) is 17.1 Å². The summed E-state index contributed by atoms with van der Waals surface area (Å²) in [4.78, 5) is 16.8. The number of nitrogens with one attached hydrogen (secondary N) is 1. The summed E-state index contributed by atoms with van der Waals surface area (Å²) >= 11 is 0. The lowest BCUT2D eigenvalue weighted by molar-refractivity contribution is 0.0934. The zero-order chi connectivity index (χ0) is 18.7. The van der Waals surface area contributed by atoms with Crippen LogP contribution in [-0.2, 0) is 0 Å². The van der Waals surface area contributed by atoms with Gasteiger partial charge in [-0.2, -0.15) is 0 Å². The van der Waals surface area contributed by atoms with Gasteiger partial charge < -0.3 is 10.4 Å². The first kappa shape index (κ1) is 17.8. The van der Waals surface area contributed by atoms with Gasteiger partial charge >= 0.3 is 0 Å². The molecule has 0 aliphatic carbocycles. The molecule has 0 saturated carbocycles. The summed E-state index contributed by atoms with van der Waals surface area (Å²) in [5.41, 5.74) is 5.01. The lowest BCUT2D eigenvalue weighted by Gasteiger charge is -2.10. The molecule has 0 aliphatic rings. The number of nitrogens with zero attached hydrogens (tertiary/aromatic N) is 3. The minimum Gasteiger partial charge on any atom is -0.395 e. The molecule has 6 heteroatoms. The van der Waals surface area contributed by atoms with Crippen molar-refractivity contribution >= 4 is 5.91 Å². The van der Waals surface area contributed by atoms with E-state index in [4.69, 9.17) is 5.11 Å². The number of benzene rings is 2. The highest BCUT2D eigenvalue weighted by Gasteiger charge is 2.19. The van der Waals surface area contributed by atoms with Crippen molar-refractivity contribution < 1.29 is 9.90 Å². The third kappa shape index (κ3) is 3.65. The third-order valence-corrected chi connectivity index (χ3v) is 4.08. The highest BCUT2D eigenvalue weighted by molar-refractivity contribution is 5.91. The van der Waals surface area contributed by atoms with Crippen LogP contribution in [0.25, 0.3) is 17.1 Å². The Balaban J connectivity index is 2.16. The Labute approximate surface area is 152 Å². The van der Waals surface area contributed by atoms with Gasteiger partial charge in [-0.25, -0.2) is 9.67 Å². The zero-order valence-corrected chi connectivity index (χ0v) is 15.2. The number of aliphatic hydroxyl groups is 1. The summed E-state index contributed by atoms with van der Waals surface area (Å²) in [7, 11) is 0. The predicted octanol–water partition coefficient (Wildman–Crippen LogP) is 2.58. The number of carbonyl (C=O) groups is 1. The number of rotatable bonds is 5. The van der Waals surface area contributed by atoms with Gasteiger partial charge in [0, 0.05) is 12.1 Å². The van der Waals surface area contributed by atoms with Gasteiger partial charge in [0.25, 0.3) is 5.91 Å². The Morgan fingerprint density at radius 3 is 2.62 bits per heavy atom. The minimum atomic E-state index is -0.406. The maximum atomic E-state index is 12.3. The van der Waals surface area contributed by atoms with Crippen LogP contribution in [0.15, 0.2) is 42.5 Å². The largest absolute Gasteiger partial charge is 0.395 e. The molecule has 6 nitrogen and oxygen atoms in total. The van der Waals surface area contributed by atoms with E-state index in [0.29, 0.717) is 5.82 Å². The molecular weight excluding hydrogens is 328 g/mol. The summed E-state index contributed by atoms with van der Waals surface area (Å²) in [5.74, 6) is 0.282. The molecule has 3 aromatic rings. The van der Waals surface area contributed by atoms with Crippen LogP contribution < -0.4 is 5.32 Å². The van der Waals surface area contributed by atoms with Crippen molar-refractivity contribution in [3.05, 3.63) is 65.0 Å². The van der Waals surface area contributed by atoms with Crippen LogP contribution in [0.3, 0.4) is 0 Å². The van der Waals surface area contributed by atoms with Crippen molar-refractivity contribution in [1.82, 2.24) is 20.1 Å². The van der Waals surface area contributed by atoms with E-state index < -0.39 is 5.91 Å². The molecule has 0 saturated heterocycles. The van der Waals surface area contributed by atoms with Gasteiger partial charge in [0.15, 0.2) is 5.82 Å². The smallest absolute Gasteiger partial charge is 0.291 e. The lowest BCUT2D eigenvalue weighted by Crippen LogP contribution is -2.27. The molecule has 26 heavy (non-hydrogen) atoms. The fourth-order valence-corrected chi connectivity index (χ4v) is 2.74. The number of hydrogen-bond donors (Lipinski definition) is 2. The maximum absolute atomic E-state index is 12.3. The van der Waals surface area contributed by atoms with E-state index in [2.05, 4.69) is 15.4 Å². The van der Waals surface area contributed by atoms with Gasteiger partial charge in [-0.3, -0.25) is 4.79 Å². The predicted molar refractivity (Wildman–Crippen MR) is 100 cm³/mol. The Bertz CT molecular complexity index is 947. The molecule has 1 aromatic heterocycles. The summed E-state index contributed by atoms with van der Waals surface area (Å²) in [6.45, 7) is 6.06. The van der Waals surface area contributed by atoms with Gasteiger partial charge in [-0.05, 0) is 44.0 Å². The Kier molecular flexibility index (Phi) is 5.14. The number of hydrogen-bond acceptors (Lipinski definition) is 4. The van der Waals surface area contributed by atoms with E-state index in [1.807, 2.05) is 63.2 Å². The standard InChI is InChI=1S/C20H22N4O2/c1-13-5-4-6-16(11-13)19-22-18(20(26)21-9-10-25)23-24(19)17-12-14(2)7-8-15(17)3/h4-8,11-12,25H,9-10H2,1-3H3,(H,21,26). The van der Waals surface area contributed by atoms with Gasteiger partial charge in [-0.1, -0.05) is 35.9 Å². The van der Waals surface area contributed by atoms with E-state index in [9.17, 15) is 4.79 Å². The van der Waals surface area contributed by atoms with Crippen LogP contribution in [0.5, 0.6) is 0 Å². The average Bonchev–Trinajstić information content (AvgIpc) is 3.07. The molecule has 0 fully saturated rings. The molecule has 0 aliphatic heterocycles. The summed E-state index contributed by atoms with van der Waals surface area (Å²) in [6.07, 6.45) is 0. The highest BCUT2D eigenvalue weighted by atomic mass is 16.3. The topological polar surface area (TPSA) is 80.0 Å². The Morgan fingerprint density at radius 1 is 1.12 bits per heavy atom. The molecular formula is C20H22N4O2. The SMILES string of the molecule is Cc1cccc(-c2nc(C(=O)NCCO)nn2-c2cc(C)ccc2C)c1. The summed E-state index contributed by atoms with van der Waals surface area (Å²) in [6, 6.07) is 14.0. The molecule has 2 N–H and O–H groups in total. The van der Waals surface area contributed by atoms with Crippen molar-refractivity contribution in [2.75, 3.05) is 13.2 Å². The van der Waals surface area contributed by atoms with Gasteiger partial charge in [0.2, 0.25) is 5.82 Å². The molecule has 2 aromatic carbocycles. The summed E-state index contributed by atoms with van der Waals surface area (Å²) in [5, 5.41) is 16.0. The van der Waals surface area contributed by atoms with Crippen molar-refractivity contribution in [3.63, 3.8) is 0 Å². The molecule has 3 rings (SSSR count). The highest BCUT2D eigenvalue weighted by Crippen LogP contribution is 2.24. The van der Waals surface area contributed by atoms with E-state index in [1.165, 1.54) is 0 Å². The first-order valence-electron chi connectivity index (χ1n) is 8.50. The molecule has 0 bridgehead atoms. The minimum absolute atomic E-state index is 0.0795. The molecule has 134 valence electrons. The van der Waals surface area contributed by atoms with Crippen LogP contribution in [0.2, 0.25) is 0 Å². The van der Waals surface area contributed by atoms with Crippen LogP contribution in [0, 0.1) is 20.8 Å². The quantitative estimate of drug-likeness (QED) is 0.741. The molecule has 0 spiro atoms. The molecule has 1 heterocycles. The normalized spacial score (nSPS) is 10.8. The second kappa shape index (κ2) is 7.49. The number of aryl methyl sites for hydroxylation is 3.